The Hall–Kier alpha value is -4.51. The van der Waals surface area contributed by atoms with E-state index in [9.17, 15) is 5.11 Å². The van der Waals surface area contributed by atoms with E-state index in [2.05, 4.69) is 4.98 Å². The van der Waals surface area contributed by atoms with E-state index in [1.165, 1.54) is 0 Å². The highest BCUT2D eigenvalue weighted by atomic mass is 16.2. The van der Waals surface area contributed by atoms with E-state index in [4.69, 9.17) is 15.0 Å². The summed E-state index contributed by atoms with van der Waals surface area (Å²) in [6.07, 6.45) is 16.8. The predicted molar refractivity (Wildman–Crippen MR) is 130 cm³/mol. The van der Waals surface area contributed by atoms with Crippen molar-refractivity contribution in [3.05, 3.63) is 124 Å². The fourth-order valence-corrected chi connectivity index (χ4v) is 4.07. The number of hydrogen-bond acceptors (Lipinski definition) is 4. The molecule has 0 saturated heterocycles. The number of allylic oxidation sites excluding steroid dienone is 8. The predicted octanol–water partition coefficient (Wildman–Crippen LogP) is 3.69. The Morgan fingerprint density at radius 2 is 1.34 bits per heavy atom. The van der Waals surface area contributed by atoms with Crippen LogP contribution in [0.4, 0.5) is 0 Å². The summed E-state index contributed by atoms with van der Waals surface area (Å²) in [5, 5.41) is 12.1. The molecule has 2 aromatic rings. The second kappa shape index (κ2) is 7.32. The fraction of sp³-hybridized carbons (Fsp3) is 0. The zero-order valence-corrected chi connectivity index (χ0v) is 17.0. The highest BCUT2D eigenvalue weighted by molar-refractivity contribution is 6.24. The Morgan fingerprint density at radius 3 is 2.00 bits per heavy atom. The highest BCUT2D eigenvalue weighted by Crippen LogP contribution is 2.36. The van der Waals surface area contributed by atoms with Crippen LogP contribution in [-0.4, -0.2) is 27.2 Å². The monoisotopic (exact) mass is 414 g/mol. The maximum atomic E-state index is 10.2. The zero-order valence-electron chi connectivity index (χ0n) is 17.0. The van der Waals surface area contributed by atoms with Crippen molar-refractivity contribution in [2.24, 2.45) is 15.0 Å². The van der Waals surface area contributed by atoms with Gasteiger partial charge in [0, 0.05) is 21.8 Å². The normalized spacial score (nSPS) is 19.9. The van der Waals surface area contributed by atoms with E-state index in [-0.39, 0.29) is 0 Å². The minimum atomic E-state index is 0.659. The van der Waals surface area contributed by atoms with Gasteiger partial charge in [0.05, 0.1) is 40.5 Å². The molecule has 0 fully saturated rings. The maximum absolute atomic E-state index is 10.2. The number of rotatable bonds is 1. The Bertz CT molecular complexity index is 1550. The first kappa shape index (κ1) is 18.3. The molecule has 0 saturated carbocycles. The molecular formula is C27H18N4O. The number of benzene rings is 1. The molecule has 4 aliphatic rings. The lowest BCUT2D eigenvalue weighted by molar-refractivity contribution is 0.472. The van der Waals surface area contributed by atoms with Crippen LogP contribution in [0.15, 0.2) is 123 Å². The lowest BCUT2D eigenvalue weighted by atomic mass is 9.95. The quantitative estimate of drug-likeness (QED) is 0.687. The van der Waals surface area contributed by atoms with Crippen molar-refractivity contribution >= 4 is 34.9 Å². The number of aromatic nitrogens is 1. The molecule has 32 heavy (non-hydrogen) atoms. The van der Waals surface area contributed by atoms with Gasteiger partial charge in [-0.25, -0.2) is 15.0 Å². The molecule has 2 N–H and O–H groups in total. The minimum Gasteiger partial charge on any atom is -0.515 e. The van der Waals surface area contributed by atoms with Gasteiger partial charge in [0.2, 0.25) is 0 Å². The third kappa shape index (κ3) is 3.26. The van der Waals surface area contributed by atoms with Crippen molar-refractivity contribution in [1.29, 1.82) is 0 Å². The lowest BCUT2D eigenvalue weighted by Gasteiger charge is -2.07. The summed E-state index contributed by atoms with van der Waals surface area (Å²) in [7, 11) is 0. The van der Waals surface area contributed by atoms with Gasteiger partial charge in [0.15, 0.2) is 0 Å². The fourth-order valence-electron chi connectivity index (χ4n) is 4.07. The highest BCUT2D eigenvalue weighted by Gasteiger charge is 2.24. The van der Waals surface area contributed by atoms with Crippen LogP contribution in [0, 0.1) is 0 Å². The molecule has 5 heteroatoms. The molecule has 1 aromatic heterocycles. The second-order valence-electron chi connectivity index (χ2n) is 7.70. The van der Waals surface area contributed by atoms with Crippen LogP contribution in [0.3, 0.4) is 0 Å². The Kier molecular flexibility index (Phi) is 4.18. The van der Waals surface area contributed by atoms with E-state index in [1.807, 2.05) is 91.1 Å². The van der Waals surface area contributed by atoms with Crippen LogP contribution in [0.25, 0.3) is 17.7 Å². The van der Waals surface area contributed by atoms with Crippen LogP contribution in [-0.2, 0) is 0 Å². The number of aliphatic imine (C=N–C) groups is 3. The van der Waals surface area contributed by atoms with Gasteiger partial charge in [-0.2, -0.15) is 0 Å². The van der Waals surface area contributed by atoms with E-state index < -0.39 is 0 Å². The Morgan fingerprint density at radius 1 is 0.688 bits per heavy atom. The molecule has 0 atom stereocenters. The first-order chi connectivity index (χ1) is 15.7. The summed E-state index contributed by atoms with van der Waals surface area (Å²) >= 11 is 0. The number of H-pyrrole nitrogens is 1. The molecule has 0 radical (unpaired) electrons. The zero-order chi connectivity index (χ0) is 21.5. The number of aliphatic hydroxyl groups is 1. The Labute approximate surface area is 184 Å². The van der Waals surface area contributed by atoms with Crippen molar-refractivity contribution in [3.8, 4) is 0 Å². The summed E-state index contributed by atoms with van der Waals surface area (Å²) in [5.41, 5.74) is 7.21. The van der Waals surface area contributed by atoms with E-state index in [0.717, 1.165) is 56.6 Å². The average Bonchev–Trinajstić information content (AvgIpc) is 3.58. The topological polar surface area (TPSA) is 73.1 Å². The molecule has 0 spiro atoms. The number of hydrogen-bond donors (Lipinski definition) is 2. The van der Waals surface area contributed by atoms with Gasteiger partial charge in [0.1, 0.15) is 0 Å². The van der Waals surface area contributed by atoms with Gasteiger partial charge < -0.3 is 10.1 Å². The second-order valence-corrected chi connectivity index (χ2v) is 7.70. The number of fused-ring (bicyclic) bond motifs is 5. The number of nitrogens with zero attached hydrogens (tertiary/aromatic N) is 3. The molecule has 8 bridgehead atoms. The van der Waals surface area contributed by atoms with E-state index in [1.54, 1.807) is 0 Å². The molecule has 0 aliphatic carbocycles. The van der Waals surface area contributed by atoms with Gasteiger partial charge in [-0.15, -0.1) is 0 Å². The van der Waals surface area contributed by atoms with Crippen LogP contribution in [0.1, 0.15) is 5.56 Å². The summed E-state index contributed by atoms with van der Waals surface area (Å²) in [6.45, 7) is 0. The van der Waals surface area contributed by atoms with Gasteiger partial charge in [-0.3, -0.25) is 0 Å². The van der Waals surface area contributed by atoms with Crippen LogP contribution < -0.4 is 10.7 Å². The molecule has 6 rings (SSSR count). The lowest BCUT2D eigenvalue weighted by Crippen LogP contribution is -2.12. The first-order valence-corrected chi connectivity index (χ1v) is 10.3. The standard InChI is InChI=1S/C27H18N4O/c32-16-24-25-14-22-10-8-20(29-22)12-18-6-7-19(28-18)13-21-9-11-23(30-21)15-26(31-25)27(24)17-4-2-1-3-5-17/h1-16,28,32H/b18-12?,19-13?,22-14?,23-15?,24-16+. The van der Waals surface area contributed by atoms with Crippen LogP contribution in [0.2, 0.25) is 0 Å². The van der Waals surface area contributed by atoms with E-state index >= 15 is 0 Å². The summed E-state index contributed by atoms with van der Waals surface area (Å²) < 4.78 is 0. The molecule has 0 amide bonds. The van der Waals surface area contributed by atoms with Crippen molar-refractivity contribution in [2.45, 2.75) is 0 Å². The summed E-state index contributed by atoms with van der Waals surface area (Å²) in [5.74, 6) is 0. The largest absolute Gasteiger partial charge is 0.515 e. The van der Waals surface area contributed by atoms with Crippen molar-refractivity contribution < 1.29 is 5.11 Å². The van der Waals surface area contributed by atoms with Gasteiger partial charge in [0.25, 0.3) is 0 Å². The third-order valence-corrected chi connectivity index (χ3v) is 5.51. The van der Waals surface area contributed by atoms with Crippen LogP contribution >= 0.6 is 0 Å². The smallest absolute Gasteiger partial charge is 0.0892 e. The van der Waals surface area contributed by atoms with Crippen molar-refractivity contribution in [3.63, 3.8) is 0 Å². The molecule has 5 nitrogen and oxygen atoms in total. The van der Waals surface area contributed by atoms with Gasteiger partial charge >= 0.3 is 0 Å². The SMILES string of the molecule is O/C=C1\C2=NC(=C1c1ccccc1)C=C1C=CC(=N1)C=c1ccc([nH]1)=CC1=NC(=C2)C=C1. The average molecular weight is 414 g/mol. The molecule has 152 valence electrons. The first-order valence-electron chi connectivity index (χ1n) is 10.3. The molecule has 5 heterocycles. The van der Waals surface area contributed by atoms with Crippen LogP contribution in [0.5, 0.6) is 0 Å². The third-order valence-electron chi connectivity index (χ3n) is 5.51. The number of aromatic amines is 1. The van der Waals surface area contributed by atoms with Crippen molar-refractivity contribution in [2.75, 3.05) is 0 Å². The van der Waals surface area contributed by atoms with Crippen molar-refractivity contribution in [1.82, 2.24) is 4.98 Å². The molecule has 0 unspecified atom stereocenters. The number of nitrogens with one attached hydrogen (secondary N) is 1. The summed E-state index contributed by atoms with van der Waals surface area (Å²) in [6, 6.07) is 14.0. The number of aliphatic hydroxyl groups excluding tert-OH is 1. The van der Waals surface area contributed by atoms with Gasteiger partial charge in [-0.05, 0) is 66.3 Å². The summed E-state index contributed by atoms with van der Waals surface area (Å²) in [4.78, 5) is 17.7. The maximum Gasteiger partial charge on any atom is 0.0892 e. The molecule has 1 aromatic carbocycles. The Balaban J connectivity index is 1.59. The minimum absolute atomic E-state index is 0.659. The van der Waals surface area contributed by atoms with E-state index in [0.29, 0.717) is 11.3 Å². The molecule has 4 aliphatic heterocycles. The molecular weight excluding hydrogens is 396 g/mol. The van der Waals surface area contributed by atoms with Gasteiger partial charge in [-0.1, -0.05) is 30.3 Å².